The molecule has 3 nitrogen and oxygen atoms in total. The molecule has 2 aromatic rings. The Morgan fingerprint density at radius 2 is 1.80 bits per heavy atom. The zero-order chi connectivity index (χ0) is 10.8. The van der Waals surface area contributed by atoms with E-state index in [0.29, 0.717) is 5.75 Å². The Hall–Kier alpha value is -1.26. The third-order valence-corrected chi connectivity index (χ3v) is 3.31. The predicted molar refractivity (Wildman–Crippen MR) is 60.9 cm³/mol. The van der Waals surface area contributed by atoms with Crippen molar-refractivity contribution in [3.8, 4) is 11.5 Å². The van der Waals surface area contributed by atoms with Crippen LogP contribution in [0.4, 0.5) is 0 Å². The molecule has 0 unspecified atom stereocenters. The van der Waals surface area contributed by atoms with Crippen molar-refractivity contribution in [3.05, 3.63) is 23.1 Å². The molecule has 15 heavy (non-hydrogen) atoms. The van der Waals surface area contributed by atoms with Gasteiger partial charge in [-0.15, -0.1) is 11.3 Å². The van der Waals surface area contributed by atoms with E-state index in [9.17, 15) is 0 Å². The molecule has 1 aromatic heterocycles. The number of fused-ring (bicyclic) bond motifs is 1. The Morgan fingerprint density at radius 1 is 1.13 bits per heavy atom. The quantitative estimate of drug-likeness (QED) is 0.870. The first-order chi connectivity index (χ1) is 7.28. The van der Waals surface area contributed by atoms with Crippen LogP contribution >= 0.6 is 11.3 Å². The van der Waals surface area contributed by atoms with Crippen molar-refractivity contribution < 1.29 is 14.6 Å². The van der Waals surface area contributed by atoms with Crippen LogP contribution in [0.25, 0.3) is 10.1 Å². The summed E-state index contributed by atoms with van der Waals surface area (Å²) in [6, 6.07) is 5.81. The number of hydrogen-bond donors (Lipinski definition) is 1. The Labute approximate surface area is 91.9 Å². The molecule has 1 N–H and O–H groups in total. The number of aliphatic hydroxyl groups is 1. The van der Waals surface area contributed by atoms with Gasteiger partial charge in [0.15, 0.2) is 11.5 Å². The summed E-state index contributed by atoms with van der Waals surface area (Å²) in [6.45, 7) is 0.0734. The average Bonchev–Trinajstić information content (AvgIpc) is 2.68. The first-order valence-corrected chi connectivity index (χ1v) is 5.35. The van der Waals surface area contributed by atoms with Crippen molar-refractivity contribution in [1.82, 2.24) is 0 Å². The molecule has 0 aliphatic heterocycles. The number of rotatable bonds is 3. The Morgan fingerprint density at radius 3 is 2.40 bits per heavy atom. The van der Waals surface area contributed by atoms with Gasteiger partial charge in [-0.25, -0.2) is 0 Å². The summed E-state index contributed by atoms with van der Waals surface area (Å²) in [5, 5.41) is 10.1. The van der Waals surface area contributed by atoms with E-state index in [2.05, 4.69) is 0 Å². The lowest BCUT2D eigenvalue weighted by Gasteiger charge is -2.06. The van der Waals surface area contributed by atoms with Crippen LogP contribution in [0.1, 0.15) is 4.88 Å². The fourth-order valence-electron chi connectivity index (χ4n) is 1.50. The molecule has 1 aromatic carbocycles. The summed E-state index contributed by atoms with van der Waals surface area (Å²) in [4.78, 5) is 0.945. The van der Waals surface area contributed by atoms with Gasteiger partial charge < -0.3 is 14.6 Å². The number of aliphatic hydroxyl groups excluding tert-OH is 1. The second-order valence-electron chi connectivity index (χ2n) is 3.12. The minimum absolute atomic E-state index is 0.0734. The molecule has 0 aliphatic carbocycles. The summed E-state index contributed by atoms with van der Waals surface area (Å²) in [5.74, 6) is 1.43. The molecule has 0 amide bonds. The fourth-order valence-corrected chi connectivity index (χ4v) is 2.43. The molecule has 0 saturated heterocycles. The van der Waals surface area contributed by atoms with E-state index in [1.54, 1.807) is 25.6 Å². The highest BCUT2D eigenvalue weighted by atomic mass is 32.1. The standard InChI is InChI=1S/C11H12O3S/c1-13-9-4-7-3-8(6-12)15-11(7)5-10(9)14-2/h3-5,12H,6H2,1-2H3. The van der Waals surface area contributed by atoms with Crippen LogP contribution < -0.4 is 9.47 Å². The van der Waals surface area contributed by atoms with E-state index in [1.165, 1.54) is 0 Å². The number of thiophene rings is 1. The molecule has 1 heterocycles. The lowest BCUT2D eigenvalue weighted by atomic mass is 10.2. The summed E-state index contributed by atoms with van der Waals surface area (Å²) in [7, 11) is 3.23. The van der Waals surface area contributed by atoms with E-state index in [-0.39, 0.29) is 6.61 Å². The molecule has 0 bridgehead atoms. The molecule has 0 spiro atoms. The molecule has 4 heteroatoms. The maximum absolute atomic E-state index is 9.04. The summed E-state index contributed by atoms with van der Waals surface area (Å²) in [6.07, 6.45) is 0. The molecule has 0 aliphatic rings. The summed E-state index contributed by atoms with van der Waals surface area (Å²) in [5.41, 5.74) is 0. The first kappa shape index (κ1) is 10.3. The van der Waals surface area contributed by atoms with Gasteiger partial charge in [-0.1, -0.05) is 0 Å². The van der Waals surface area contributed by atoms with Gasteiger partial charge in [0.1, 0.15) is 0 Å². The summed E-state index contributed by atoms with van der Waals surface area (Å²) >= 11 is 1.56. The van der Waals surface area contributed by atoms with Crippen molar-refractivity contribution in [3.63, 3.8) is 0 Å². The molecular formula is C11H12O3S. The van der Waals surface area contributed by atoms with Gasteiger partial charge in [0.25, 0.3) is 0 Å². The number of ether oxygens (including phenoxy) is 2. The third-order valence-electron chi connectivity index (χ3n) is 2.23. The Kier molecular flexibility index (Phi) is 2.79. The molecule has 80 valence electrons. The van der Waals surface area contributed by atoms with E-state index < -0.39 is 0 Å². The van der Waals surface area contributed by atoms with Crippen LogP contribution in [-0.4, -0.2) is 19.3 Å². The van der Waals surface area contributed by atoms with E-state index in [0.717, 1.165) is 20.7 Å². The minimum Gasteiger partial charge on any atom is -0.493 e. The van der Waals surface area contributed by atoms with Crippen LogP contribution in [-0.2, 0) is 6.61 Å². The SMILES string of the molecule is COc1cc2cc(CO)sc2cc1OC. The predicted octanol–water partition coefficient (Wildman–Crippen LogP) is 2.41. The van der Waals surface area contributed by atoms with Gasteiger partial charge in [0, 0.05) is 15.6 Å². The lowest BCUT2D eigenvalue weighted by Crippen LogP contribution is -1.89. The van der Waals surface area contributed by atoms with Crippen LogP contribution in [0.3, 0.4) is 0 Å². The topological polar surface area (TPSA) is 38.7 Å². The highest BCUT2D eigenvalue weighted by Gasteiger charge is 2.08. The molecule has 0 radical (unpaired) electrons. The third kappa shape index (κ3) is 1.78. The first-order valence-electron chi connectivity index (χ1n) is 4.53. The number of hydrogen-bond acceptors (Lipinski definition) is 4. The molecule has 0 atom stereocenters. The smallest absolute Gasteiger partial charge is 0.162 e. The van der Waals surface area contributed by atoms with Gasteiger partial charge in [0.2, 0.25) is 0 Å². The van der Waals surface area contributed by atoms with Gasteiger partial charge in [-0.2, -0.15) is 0 Å². The normalized spacial score (nSPS) is 10.6. The van der Waals surface area contributed by atoms with Crippen molar-refractivity contribution in [2.24, 2.45) is 0 Å². The zero-order valence-electron chi connectivity index (χ0n) is 8.61. The van der Waals surface area contributed by atoms with E-state index in [1.807, 2.05) is 18.2 Å². The van der Waals surface area contributed by atoms with Gasteiger partial charge in [-0.3, -0.25) is 0 Å². The average molecular weight is 224 g/mol. The largest absolute Gasteiger partial charge is 0.493 e. The highest BCUT2D eigenvalue weighted by Crippen LogP contribution is 2.36. The second kappa shape index (κ2) is 4.08. The summed E-state index contributed by atoms with van der Waals surface area (Å²) < 4.78 is 11.5. The van der Waals surface area contributed by atoms with Crippen molar-refractivity contribution in [2.75, 3.05) is 14.2 Å². The maximum atomic E-state index is 9.04. The van der Waals surface area contributed by atoms with Crippen LogP contribution in [0.5, 0.6) is 11.5 Å². The second-order valence-corrected chi connectivity index (χ2v) is 4.28. The van der Waals surface area contributed by atoms with Crippen molar-refractivity contribution in [1.29, 1.82) is 0 Å². The molecule has 0 saturated carbocycles. The molecule has 2 rings (SSSR count). The van der Waals surface area contributed by atoms with Crippen LogP contribution in [0, 0.1) is 0 Å². The Bertz CT molecular complexity index is 435. The van der Waals surface area contributed by atoms with Gasteiger partial charge in [-0.05, 0) is 17.5 Å². The number of benzene rings is 1. The van der Waals surface area contributed by atoms with Crippen molar-refractivity contribution >= 4 is 21.4 Å². The van der Waals surface area contributed by atoms with Gasteiger partial charge >= 0.3 is 0 Å². The van der Waals surface area contributed by atoms with Gasteiger partial charge in [0.05, 0.1) is 20.8 Å². The van der Waals surface area contributed by atoms with Crippen LogP contribution in [0.15, 0.2) is 18.2 Å². The minimum atomic E-state index is 0.0734. The van der Waals surface area contributed by atoms with Crippen LogP contribution in [0.2, 0.25) is 0 Å². The highest BCUT2D eigenvalue weighted by molar-refractivity contribution is 7.19. The zero-order valence-corrected chi connectivity index (χ0v) is 9.43. The van der Waals surface area contributed by atoms with E-state index in [4.69, 9.17) is 14.6 Å². The van der Waals surface area contributed by atoms with E-state index >= 15 is 0 Å². The molecular weight excluding hydrogens is 212 g/mol. The monoisotopic (exact) mass is 224 g/mol. The lowest BCUT2D eigenvalue weighted by molar-refractivity contribution is 0.285. The Balaban J connectivity index is 2.61. The molecule has 0 fully saturated rings. The van der Waals surface area contributed by atoms with Crippen molar-refractivity contribution in [2.45, 2.75) is 6.61 Å². The maximum Gasteiger partial charge on any atom is 0.162 e. The fraction of sp³-hybridized carbons (Fsp3) is 0.273. The number of methoxy groups -OCH3 is 2.